The third-order valence-electron chi connectivity index (χ3n) is 4.03. The van der Waals surface area contributed by atoms with Gasteiger partial charge in [0.2, 0.25) is 10.0 Å². The molecule has 1 aromatic heterocycles. The van der Waals surface area contributed by atoms with Gasteiger partial charge in [0.05, 0.1) is 18.9 Å². The molecule has 0 spiro atoms. The van der Waals surface area contributed by atoms with E-state index in [2.05, 4.69) is 20.0 Å². The lowest BCUT2D eigenvalue weighted by Gasteiger charge is -2.20. The predicted molar refractivity (Wildman–Crippen MR) is 115 cm³/mol. The van der Waals surface area contributed by atoms with Crippen LogP contribution in [0.2, 0.25) is 0 Å². The first-order valence-electron chi connectivity index (χ1n) is 9.33. The number of aliphatic hydroxyl groups is 1. The summed E-state index contributed by atoms with van der Waals surface area (Å²) >= 11 is 1.06. The Kier molecular flexibility index (Phi) is 8.39. The van der Waals surface area contributed by atoms with Gasteiger partial charge in [-0.2, -0.15) is 0 Å². The summed E-state index contributed by atoms with van der Waals surface area (Å²) in [7, 11) is -3.59. The lowest BCUT2D eigenvalue weighted by atomic mass is 10.0. The molecule has 2 aromatic rings. The Morgan fingerprint density at radius 1 is 1.17 bits per heavy atom. The fourth-order valence-corrected chi connectivity index (χ4v) is 4.22. The van der Waals surface area contributed by atoms with Crippen molar-refractivity contribution in [2.24, 2.45) is 5.92 Å². The van der Waals surface area contributed by atoms with Crippen molar-refractivity contribution in [3.63, 3.8) is 0 Å². The van der Waals surface area contributed by atoms with Crippen LogP contribution in [-0.2, 0) is 10.0 Å². The average Bonchev–Trinajstić information content (AvgIpc) is 2.61. The number of hydrogen-bond donors (Lipinski definition) is 3. The summed E-state index contributed by atoms with van der Waals surface area (Å²) in [6.07, 6.45) is 1.66. The smallest absolute Gasteiger partial charge is 0.230 e. The van der Waals surface area contributed by atoms with Gasteiger partial charge in [0, 0.05) is 16.9 Å². The summed E-state index contributed by atoms with van der Waals surface area (Å²) in [5.41, 5.74) is 0.146. The van der Waals surface area contributed by atoms with E-state index < -0.39 is 26.9 Å². The topological polar surface area (TPSA) is 104 Å². The first-order chi connectivity index (χ1) is 14.0. The SMILES string of the molecule is CC(C)C[C@H](CO)Nc1cc(NS(C)(=O)=O)nc(SC(C)c2cccc(F)c2F)n1. The van der Waals surface area contributed by atoms with E-state index in [0.717, 1.165) is 24.1 Å². The van der Waals surface area contributed by atoms with E-state index >= 15 is 0 Å². The lowest BCUT2D eigenvalue weighted by molar-refractivity contribution is 0.259. The largest absolute Gasteiger partial charge is 0.394 e. The maximum atomic E-state index is 14.1. The number of nitrogens with zero attached hydrogens (tertiary/aromatic N) is 2. The van der Waals surface area contributed by atoms with E-state index in [0.29, 0.717) is 18.2 Å². The number of hydrogen-bond acceptors (Lipinski definition) is 7. The number of aromatic nitrogens is 2. The van der Waals surface area contributed by atoms with Gasteiger partial charge in [-0.05, 0) is 25.3 Å². The third-order valence-corrected chi connectivity index (χ3v) is 5.61. The van der Waals surface area contributed by atoms with Crippen LogP contribution >= 0.6 is 11.8 Å². The monoisotopic (exact) mass is 460 g/mol. The van der Waals surface area contributed by atoms with Crippen molar-refractivity contribution < 1.29 is 22.3 Å². The second-order valence-electron chi connectivity index (χ2n) is 7.35. The van der Waals surface area contributed by atoms with E-state index in [4.69, 9.17) is 0 Å². The van der Waals surface area contributed by atoms with Gasteiger partial charge in [0.25, 0.3) is 0 Å². The van der Waals surface area contributed by atoms with Crippen molar-refractivity contribution in [3.8, 4) is 0 Å². The zero-order valence-corrected chi connectivity index (χ0v) is 18.8. The fourth-order valence-electron chi connectivity index (χ4n) is 2.81. The number of rotatable bonds is 10. The predicted octanol–water partition coefficient (Wildman–Crippen LogP) is 3.80. The molecule has 0 amide bonds. The maximum absolute atomic E-state index is 14.1. The molecule has 0 fully saturated rings. The lowest BCUT2D eigenvalue weighted by Crippen LogP contribution is -2.26. The van der Waals surface area contributed by atoms with Crippen LogP contribution in [-0.4, -0.2) is 42.4 Å². The molecule has 3 N–H and O–H groups in total. The Morgan fingerprint density at radius 2 is 1.83 bits per heavy atom. The van der Waals surface area contributed by atoms with Crippen molar-refractivity contribution >= 4 is 33.4 Å². The quantitative estimate of drug-likeness (QED) is 0.366. The van der Waals surface area contributed by atoms with Crippen LogP contribution in [0.25, 0.3) is 0 Å². The molecule has 166 valence electrons. The summed E-state index contributed by atoms with van der Waals surface area (Å²) in [4.78, 5) is 8.53. The molecule has 0 saturated carbocycles. The molecule has 11 heteroatoms. The second kappa shape index (κ2) is 10.4. The van der Waals surface area contributed by atoms with Crippen molar-refractivity contribution in [2.75, 3.05) is 22.9 Å². The molecular weight excluding hydrogens is 434 g/mol. The fraction of sp³-hybridized carbons (Fsp3) is 0.474. The number of benzene rings is 1. The highest BCUT2D eigenvalue weighted by atomic mass is 32.2. The third kappa shape index (κ3) is 7.37. The molecule has 7 nitrogen and oxygen atoms in total. The molecule has 0 bridgehead atoms. The Balaban J connectivity index is 2.34. The van der Waals surface area contributed by atoms with Gasteiger partial charge in [0.1, 0.15) is 11.6 Å². The molecule has 0 saturated heterocycles. The zero-order chi connectivity index (χ0) is 22.5. The van der Waals surface area contributed by atoms with Crippen LogP contribution in [0.5, 0.6) is 0 Å². The zero-order valence-electron chi connectivity index (χ0n) is 17.2. The first-order valence-corrected chi connectivity index (χ1v) is 12.1. The summed E-state index contributed by atoms with van der Waals surface area (Å²) < 4.78 is 53.3. The Morgan fingerprint density at radius 3 is 2.43 bits per heavy atom. The van der Waals surface area contributed by atoms with Gasteiger partial charge in [-0.25, -0.2) is 27.2 Å². The molecule has 0 aliphatic rings. The van der Waals surface area contributed by atoms with Gasteiger partial charge in [-0.3, -0.25) is 4.72 Å². The molecule has 30 heavy (non-hydrogen) atoms. The molecule has 0 aliphatic heterocycles. The minimum absolute atomic E-state index is 0.0330. The highest BCUT2D eigenvalue weighted by Crippen LogP contribution is 2.35. The molecule has 2 atom stereocenters. The van der Waals surface area contributed by atoms with Crippen molar-refractivity contribution in [2.45, 2.75) is 43.6 Å². The summed E-state index contributed by atoms with van der Waals surface area (Å²) in [5.74, 6) is -1.24. The molecule has 1 aromatic carbocycles. The van der Waals surface area contributed by atoms with Gasteiger partial charge in [-0.1, -0.05) is 37.7 Å². The summed E-state index contributed by atoms with van der Waals surface area (Å²) in [5, 5.41) is 12.3. The van der Waals surface area contributed by atoms with Crippen molar-refractivity contribution in [1.82, 2.24) is 9.97 Å². The highest BCUT2D eigenvalue weighted by Gasteiger charge is 2.19. The van der Waals surface area contributed by atoms with Crippen LogP contribution < -0.4 is 10.0 Å². The van der Waals surface area contributed by atoms with Crippen molar-refractivity contribution in [3.05, 3.63) is 41.5 Å². The van der Waals surface area contributed by atoms with Gasteiger partial charge in [0.15, 0.2) is 16.8 Å². The number of nitrogens with one attached hydrogen (secondary N) is 2. The number of sulfonamides is 1. The van der Waals surface area contributed by atoms with Crippen LogP contribution in [0, 0.1) is 17.6 Å². The van der Waals surface area contributed by atoms with E-state index in [-0.39, 0.29) is 29.2 Å². The summed E-state index contributed by atoms with van der Waals surface area (Å²) in [6, 6.07) is 5.05. The number of thioether (sulfide) groups is 1. The van der Waals surface area contributed by atoms with Crippen LogP contribution in [0.1, 0.15) is 38.0 Å². The number of aliphatic hydroxyl groups excluding tert-OH is 1. The van der Waals surface area contributed by atoms with Crippen LogP contribution in [0.4, 0.5) is 20.4 Å². The Hall–Kier alpha value is -1.98. The van der Waals surface area contributed by atoms with Crippen LogP contribution in [0.3, 0.4) is 0 Å². The Labute approximate surface area is 179 Å². The first kappa shape index (κ1) is 24.3. The van der Waals surface area contributed by atoms with Crippen LogP contribution in [0.15, 0.2) is 29.4 Å². The molecule has 1 heterocycles. The molecular formula is C19H26F2N4O3S2. The van der Waals surface area contributed by atoms with E-state index in [1.165, 1.54) is 18.2 Å². The second-order valence-corrected chi connectivity index (χ2v) is 10.4. The van der Waals surface area contributed by atoms with Crippen molar-refractivity contribution in [1.29, 1.82) is 0 Å². The highest BCUT2D eigenvalue weighted by molar-refractivity contribution is 7.99. The summed E-state index contributed by atoms with van der Waals surface area (Å²) in [6.45, 7) is 5.56. The van der Waals surface area contributed by atoms with Gasteiger partial charge in [-0.15, -0.1) is 0 Å². The number of anilines is 2. The minimum atomic E-state index is -3.59. The standard InChI is InChI=1S/C19H26F2N4O3S2/c1-11(2)8-13(10-26)22-16-9-17(25-30(4,27)28)24-19(23-16)29-12(3)14-6-5-7-15(20)18(14)21/h5-7,9,11-13,26H,8,10H2,1-4H3,(H2,22,23,24,25)/t12?,13-/m1/s1. The van der Waals surface area contributed by atoms with Gasteiger partial charge < -0.3 is 10.4 Å². The number of halogens is 2. The average molecular weight is 461 g/mol. The normalized spacial score (nSPS) is 13.9. The molecule has 0 radical (unpaired) electrons. The van der Waals surface area contributed by atoms with E-state index in [1.54, 1.807) is 6.92 Å². The molecule has 1 unspecified atom stereocenters. The molecule has 2 rings (SSSR count). The molecule has 0 aliphatic carbocycles. The van der Waals surface area contributed by atoms with E-state index in [1.807, 2.05) is 13.8 Å². The minimum Gasteiger partial charge on any atom is -0.394 e. The van der Waals surface area contributed by atoms with Gasteiger partial charge >= 0.3 is 0 Å². The Bertz CT molecular complexity index is 974. The maximum Gasteiger partial charge on any atom is 0.230 e. The van der Waals surface area contributed by atoms with E-state index in [9.17, 15) is 22.3 Å².